The van der Waals surface area contributed by atoms with E-state index >= 15 is 0 Å². The van der Waals surface area contributed by atoms with Gasteiger partial charge in [-0.25, -0.2) is 0 Å². The van der Waals surface area contributed by atoms with Crippen molar-refractivity contribution in [2.24, 2.45) is 0 Å². The third-order valence-corrected chi connectivity index (χ3v) is 5.66. The highest BCUT2D eigenvalue weighted by Crippen LogP contribution is 2.24. The zero-order valence-corrected chi connectivity index (χ0v) is 17.5. The predicted octanol–water partition coefficient (Wildman–Crippen LogP) is 5.47. The molecule has 0 aliphatic heterocycles. The lowest BCUT2D eigenvalue weighted by Crippen LogP contribution is -2.19. The fraction of sp³-hybridized carbons (Fsp3) is 0.318. The normalized spacial score (nSPS) is 12.3. The average Bonchev–Trinajstić information content (AvgIpc) is 2.88. The van der Waals surface area contributed by atoms with Crippen molar-refractivity contribution >= 4 is 15.9 Å². The summed E-state index contributed by atoms with van der Waals surface area (Å²) >= 11 is 3.64. The molecule has 1 unspecified atom stereocenters. The molecule has 1 atom stereocenters. The molecule has 2 aromatic carbocycles. The average molecular weight is 412 g/mol. The molecule has 1 aromatic heterocycles. The molecule has 0 aliphatic carbocycles. The van der Waals surface area contributed by atoms with E-state index < -0.39 is 0 Å². The molecule has 0 saturated carbocycles. The monoisotopic (exact) mass is 411 g/mol. The highest BCUT2D eigenvalue weighted by molar-refractivity contribution is 9.10. The third kappa shape index (κ3) is 4.25. The van der Waals surface area contributed by atoms with Gasteiger partial charge in [0.15, 0.2) is 0 Å². The van der Waals surface area contributed by atoms with Gasteiger partial charge in [-0.1, -0.05) is 64.0 Å². The van der Waals surface area contributed by atoms with Crippen molar-refractivity contribution < 1.29 is 0 Å². The highest BCUT2D eigenvalue weighted by atomic mass is 79.9. The maximum Gasteiger partial charge on any atom is 0.0662 e. The number of halogens is 1. The van der Waals surface area contributed by atoms with E-state index in [0.717, 1.165) is 23.3 Å². The lowest BCUT2D eigenvalue weighted by molar-refractivity contribution is 0.569. The Balaban J connectivity index is 1.72. The van der Waals surface area contributed by atoms with Gasteiger partial charge >= 0.3 is 0 Å². The largest absolute Gasteiger partial charge is 0.306 e. The van der Waals surface area contributed by atoms with Crippen molar-refractivity contribution in [2.45, 2.75) is 46.8 Å². The van der Waals surface area contributed by atoms with Crippen LogP contribution in [0, 0.1) is 20.8 Å². The molecule has 3 aromatic rings. The van der Waals surface area contributed by atoms with Crippen molar-refractivity contribution in [3.05, 3.63) is 86.6 Å². The van der Waals surface area contributed by atoms with Crippen LogP contribution in [0.5, 0.6) is 0 Å². The minimum atomic E-state index is 0.268. The fourth-order valence-corrected chi connectivity index (χ4v) is 3.83. The van der Waals surface area contributed by atoms with E-state index in [-0.39, 0.29) is 6.04 Å². The Labute approximate surface area is 164 Å². The summed E-state index contributed by atoms with van der Waals surface area (Å²) in [5, 5.41) is 8.40. The van der Waals surface area contributed by atoms with E-state index in [1.54, 1.807) is 0 Å². The van der Waals surface area contributed by atoms with Crippen molar-refractivity contribution in [3.63, 3.8) is 0 Å². The van der Waals surface area contributed by atoms with Gasteiger partial charge < -0.3 is 5.32 Å². The summed E-state index contributed by atoms with van der Waals surface area (Å²) in [5.74, 6) is 0. The number of hydrogen-bond acceptors (Lipinski definition) is 2. The van der Waals surface area contributed by atoms with E-state index in [4.69, 9.17) is 5.10 Å². The van der Waals surface area contributed by atoms with E-state index in [2.05, 4.69) is 96.1 Å². The number of hydrogen-bond donors (Lipinski definition) is 1. The first kappa shape index (κ1) is 18.9. The quantitative estimate of drug-likeness (QED) is 0.582. The molecule has 0 spiro atoms. The maximum absolute atomic E-state index is 4.76. The van der Waals surface area contributed by atoms with Gasteiger partial charge in [0, 0.05) is 28.3 Å². The molecule has 136 valence electrons. The second kappa shape index (κ2) is 8.19. The number of aryl methyl sites for hydroxylation is 2. The standard InChI is InChI=1S/C22H26BrN3/c1-15-9-11-19(12-10-15)14-26-18(4)21(17(3)25-26)13-24-16(2)20-7-5-6-8-22(20)23/h5-12,16,24H,13-14H2,1-4H3. The zero-order valence-electron chi connectivity index (χ0n) is 15.9. The molecule has 1 heterocycles. The Morgan fingerprint density at radius 2 is 1.73 bits per heavy atom. The van der Waals surface area contributed by atoms with Crippen LogP contribution in [0.3, 0.4) is 0 Å². The van der Waals surface area contributed by atoms with E-state index in [1.807, 2.05) is 6.07 Å². The van der Waals surface area contributed by atoms with Crippen LogP contribution in [-0.4, -0.2) is 9.78 Å². The van der Waals surface area contributed by atoms with Crippen LogP contribution in [0.15, 0.2) is 53.0 Å². The molecule has 0 fully saturated rings. The van der Waals surface area contributed by atoms with Gasteiger partial charge in [-0.15, -0.1) is 0 Å². The van der Waals surface area contributed by atoms with Crippen LogP contribution in [0.1, 0.15) is 46.6 Å². The lowest BCUT2D eigenvalue weighted by atomic mass is 10.1. The summed E-state index contributed by atoms with van der Waals surface area (Å²) in [7, 11) is 0. The summed E-state index contributed by atoms with van der Waals surface area (Å²) in [6.45, 7) is 10.2. The van der Waals surface area contributed by atoms with Gasteiger partial charge in [0.05, 0.1) is 12.2 Å². The van der Waals surface area contributed by atoms with E-state index in [0.29, 0.717) is 0 Å². The summed E-state index contributed by atoms with van der Waals surface area (Å²) < 4.78 is 3.25. The molecule has 0 amide bonds. The summed E-state index contributed by atoms with van der Waals surface area (Å²) in [6.07, 6.45) is 0. The van der Waals surface area contributed by atoms with E-state index in [9.17, 15) is 0 Å². The molecule has 0 saturated heterocycles. The summed E-state index contributed by atoms with van der Waals surface area (Å²) in [4.78, 5) is 0. The zero-order chi connectivity index (χ0) is 18.7. The van der Waals surface area contributed by atoms with Crippen LogP contribution >= 0.6 is 15.9 Å². The first-order valence-electron chi connectivity index (χ1n) is 9.02. The number of benzene rings is 2. The second-order valence-electron chi connectivity index (χ2n) is 6.92. The molecular weight excluding hydrogens is 386 g/mol. The maximum atomic E-state index is 4.76. The Morgan fingerprint density at radius 3 is 2.42 bits per heavy atom. The van der Waals surface area contributed by atoms with Crippen molar-refractivity contribution in [3.8, 4) is 0 Å². The molecule has 4 heteroatoms. The van der Waals surface area contributed by atoms with Crippen molar-refractivity contribution in [1.29, 1.82) is 0 Å². The molecule has 26 heavy (non-hydrogen) atoms. The molecule has 1 N–H and O–H groups in total. The SMILES string of the molecule is Cc1ccc(Cn2nc(C)c(CNC(C)c3ccccc3Br)c2C)cc1. The molecule has 0 radical (unpaired) electrons. The van der Waals surface area contributed by atoms with Crippen LogP contribution < -0.4 is 5.32 Å². The fourth-order valence-electron chi connectivity index (χ4n) is 3.20. The highest BCUT2D eigenvalue weighted by Gasteiger charge is 2.14. The predicted molar refractivity (Wildman–Crippen MR) is 111 cm³/mol. The number of nitrogens with one attached hydrogen (secondary N) is 1. The van der Waals surface area contributed by atoms with E-state index in [1.165, 1.54) is 27.9 Å². The van der Waals surface area contributed by atoms with Gasteiger partial charge in [0.2, 0.25) is 0 Å². The van der Waals surface area contributed by atoms with Gasteiger partial charge in [-0.3, -0.25) is 4.68 Å². The molecular formula is C22H26BrN3. The molecule has 0 aliphatic rings. The number of aromatic nitrogens is 2. The lowest BCUT2D eigenvalue weighted by Gasteiger charge is -2.16. The van der Waals surface area contributed by atoms with Crippen LogP contribution in [0.4, 0.5) is 0 Å². The van der Waals surface area contributed by atoms with Crippen molar-refractivity contribution in [2.75, 3.05) is 0 Å². The molecule has 3 rings (SSSR count). The van der Waals surface area contributed by atoms with Crippen LogP contribution in [0.2, 0.25) is 0 Å². The number of rotatable bonds is 6. The second-order valence-corrected chi connectivity index (χ2v) is 7.77. The van der Waals surface area contributed by atoms with Gasteiger partial charge in [-0.05, 0) is 44.9 Å². The summed E-state index contributed by atoms with van der Waals surface area (Å²) in [6, 6.07) is 17.3. The Bertz CT molecular complexity index is 881. The van der Waals surface area contributed by atoms with Gasteiger partial charge in [-0.2, -0.15) is 5.10 Å². The topological polar surface area (TPSA) is 29.9 Å². The first-order chi connectivity index (χ1) is 12.5. The minimum Gasteiger partial charge on any atom is -0.306 e. The Morgan fingerprint density at radius 1 is 1.04 bits per heavy atom. The molecule has 3 nitrogen and oxygen atoms in total. The van der Waals surface area contributed by atoms with Gasteiger partial charge in [0.1, 0.15) is 0 Å². The van der Waals surface area contributed by atoms with Crippen LogP contribution in [-0.2, 0) is 13.1 Å². The molecule has 0 bridgehead atoms. The smallest absolute Gasteiger partial charge is 0.0662 e. The minimum absolute atomic E-state index is 0.268. The Kier molecular flexibility index (Phi) is 5.94. The Hall–Kier alpha value is -1.91. The van der Waals surface area contributed by atoms with Crippen LogP contribution in [0.25, 0.3) is 0 Å². The number of nitrogens with zero attached hydrogens (tertiary/aromatic N) is 2. The summed E-state index contributed by atoms with van der Waals surface area (Å²) in [5.41, 5.74) is 7.46. The third-order valence-electron chi connectivity index (χ3n) is 4.94. The van der Waals surface area contributed by atoms with Crippen molar-refractivity contribution in [1.82, 2.24) is 15.1 Å². The van der Waals surface area contributed by atoms with Gasteiger partial charge in [0.25, 0.3) is 0 Å². The first-order valence-corrected chi connectivity index (χ1v) is 9.81.